The first kappa shape index (κ1) is 19.2. The zero-order valence-corrected chi connectivity index (χ0v) is 16.0. The molecule has 3 rings (SSSR count). The molecule has 1 amide bonds. The maximum Gasteiger partial charge on any atom is 0.341 e. The monoisotopic (exact) mass is 405 g/mol. The van der Waals surface area contributed by atoms with Gasteiger partial charge in [0.25, 0.3) is 0 Å². The summed E-state index contributed by atoms with van der Waals surface area (Å²) in [5, 5.41) is 4.91. The summed E-state index contributed by atoms with van der Waals surface area (Å²) < 4.78 is 23.4. The Labute approximate surface area is 163 Å². The summed E-state index contributed by atoms with van der Waals surface area (Å²) in [5.74, 6) is -0.473. The van der Waals surface area contributed by atoms with E-state index in [2.05, 4.69) is 5.32 Å². The van der Waals surface area contributed by atoms with Gasteiger partial charge in [0.15, 0.2) is 0 Å². The zero-order chi connectivity index (χ0) is 19.2. The molecule has 0 aliphatic heterocycles. The van der Waals surface area contributed by atoms with Crippen molar-refractivity contribution in [2.24, 2.45) is 0 Å². The number of furan rings is 1. The third-order valence-electron chi connectivity index (χ3n) is 3.49. The third kappa shape index (κ3) is 4.78. The van der Waals surface area contributed by atoms with Crippen LogP contribution in [0.4, 0.5) is 9.39 Å². The second-order valence-corrected chi connectivity index (χ2v) is 7.27. The number of amides is 1. The summed E-state index contributed by atoms with van der Waals surface area (Å²) in [5.41, 5.74) is 0.849. The lowest BCUT2D eigenvalue weighted by Gasteiger charge is -2.08. The third-order valence-corrected chi connectivity index (χ3v) is 5.40. The molecule has 2 aromatic heterocycles. The van der Waals surface area contributed by atoms with Gasteiger partial charge in [-0.3, -0.25) is 4.79 Å². The van der Waals surface area contributed by atoms with Crippen LogP contribution < -0.4 is 5.32 Å². The molecule has 0 atom stereocenters. The van der Waals surface area contributed by atoms with Crippen molar-refractivity contribution in [1.82, 2.24) is 0 Å². The normalized spacial score (nSPS) is 10.6. The van der Waals surface area contributed by atoms with Gasteiger partial charge in [-0.2, -0.15) is 0 Å². The van der Waals surface area contributed by atoms with Gasteiger partial charge in [0.2, 0.25) is 5.91 Å². The molecule has 1 aromatic carbocycles. The first-order valence-corrected chi connectivity index (χ1v) is 9.95. The van der Waals surface area contributed by atoms with Crippen molar-refractivity contribution < 1.29 is 23.1 Å². The van der Waals surface area contributed by atoms with Crippen LogP contribution in [0, 0.1) is 5.82 Å². The second kappa shape index (κ2) is 8.88. The molecule has 0 aliphatic carbocycles. The summed E-state index contributed by atoms with van der Waals surface area (Å²) in [6.07, 6.45) is 1.51. The Kier molecular flexibility index (Phi) is 6.31. The molecule has 0 saturated heterocycles. The molecule has 5 nitrogen and oxygen atoms in total. The van der Waals surface area contributed by atoms with E-state index in [1.807, 2.05) is 0 Å². The highest BCUT2D eigenvalue weighted by atomic mass is 32.2. The molecular weight excluding hydrogens is 389 g/mol. The number of hydrogen-bond donors (Lipinski definition) is 1. The van der Waals surface area contributed by atoms with Gasteiger partial charge in [0.1, 0.15) is 22.1 Å². The lowest BCUT2D eigenvalue weighted by atomic mass is 10.1. The number of carbonyl (C=O) groups is 2. The van der Waals surface area contributed by atoms with Gasteiger partial charge in [0, 0.05) is 15.8 Å². The Morgan fingerprint density at radius 1 is 1.26 bits per heavy atom. The Morgan fingerprint density at radius 3 is 2.70 bits per heavy atom. The van der Waals surface area contributed by atoms with Crippen molar-refractivity contribution in [3.05, 3.63) is 59.4 Å². The fraction of sp³-hybridized carbons (Fsp3) is 0.158. The van der Waals surface area contributed by atoms with E-state index in [9.17, 15) is 14.0 Å². The lowest BCUT2D eigenvalue weighted by molar-refractivity contribution is -0.113. The van der Waals surface area contributed by atoms with Crippen LogP contribution in [0.5, 0.6) is 0 Å². The predicted molar refractivity (Wildman–Crippen MR) is 104 cm³/mol. The number of esters is 1. The molecule has 0 aliphatic rings. The SMILES string of the molecule is CCOC(=O)c1c(-c2ccco2)csc1NC(=O)CSc1ccc(F)cc1. The maximum atomic E-state index is 12.9. The average molecular weight is 405 g/mol. The Hall–Kier alpha value is -2.58. The summed E-state index contributed by atoms with van der Waals surface area (Å²) in [4.78, 5) is 25.5. The van der Waals surface area contributed by atoms with Gasteiger partial charge in [-0.15, -0.1) is 23.1 Å². The number of hydrogen-bond acceptors (Lipinski definition) is 6. The highest BCUT2D eigenvalue weighted by Gasteiger charge is 2.24. The summed E-state index contributed by atoms with van der Waals surface area (Å²) >= 11 is 2.51. The van der Waals surface area contributed by atoms with Gasteiger partial charge in [0.05, 0.1) is 18.6 Å². The highest BCUT2D eigenvalue weighted by Crippen LogP contribution is 2.36. The van der Waals surface area contributed by atoms with E-state index in [1.165, 1.54) is 41.5 Å². The number of carbonyl (C=O) groups excluding carboxylic acids is 2. The Morgan fingerprint density at radius 2 is 2.04 bits per heavy atom. The molecular formula is C19H16FNO4S2. The maximum absolute atomic E-state index is 12.9. The van der Waals surface area contributed by atoms with Crippen LogP contribution in [0.25, 0.3) is 11.3 Å². The van der Waals surface area contributed by atoms with E-state index < -0.39 is 5.97 Å². The number of nitrogens with one attached hydrogen (secondary N) is 1. The van der Waals surface area contributed by atoms with Crippen molar-refractivity contribution in [2.45, 2.75) is 11.8 Å². The molecule has 8 heteroatoms. The smallest absolute Gasteiger partial charge is 0.341 e. The molecule has 0 fully saturated rings. The number of anilines is 1. The van der Waals surface area contributed by atoms with Crippen molar-refractivity contribution >= 4 is 40.0 Å². The van der Waals surface area contributed by atoms with Crippen molar-refractivity contribution in [3.8, 4) is 11.3 Å². The molecule has 27 heavy (non-hydrogen) atoms. The number of ether oxygens (including phenoxy) is 1. The van der Waals surface area contributed by atoms with Gasteiger partial charge >= 0.3 is 5.97 Å². The number of thioether (sulfide) groups is 1. The van der Waals surface area contributed by atoms with Crippen LogP contribution >= 0.6 is 23.1 Å². The molecule has 0 radical (unpaired) electrons. The van der Waals surface area contributed by atoms with Crippen LogP contribution in [0.1, 0.15) is 17.3 Å². The molecule has 3 aromatic rings. The Bertz CT molecular complexity index is 920. The topological polar surface area (TPSA) is 68.5 Å². The van der Waals surface area contributed by atoms with Crippen LogP contribution in [-0.2, 0) is 9.53 Å². The molecule has 2 heterocycles. The first-order valence-electron chi connectivity index (χ1n) is 8.09. The number of halogens is 1. The zero-order valence-electron chi connectivity index (χ0n) is 14.4. The minimum Gasteiger partial charge on any atom is -0.464 e. The van der Waals surface area contributed by atoms with E-state index in [-0.39, 0.29) is 29.6 Å². The van der Waals surface area contributed by atoms with Crippen molar-refractivity contribution in [3.63, 3.8) is 0 Å². The summed E-state index contributed by atoms with van der Waals surface area (Å²) in [6.45, 7) is 1.94. The van der Waals surface area contributed by atoms with Gasteiger partial charge in [-0.25, -0.2) is 9.18 Å². The van der Waals surface area contributed by atoms with E-state index in [1.54, 1.807) is 36.6 Å². The standard InChI is InChI=1S/C19H16FNO4S2/c1-2-24-19(23)17-14(15-4-3-9-25-15)10-27-18(17)21-16(22)11-26-13-7-5-12(20)6-8-13/h3-10H,2,11H2,1H3,(H,21,22). The molecule has 0 unspecified atom stereocenters. The summed E-state index contributed by atoms with van der Waals surface area (Å²) in [7, 11) is 0. The minimum atomic E-state index is -0.522. The van der Waals surface area contributed by atoms with E-state index in [0.717, 1.165) is 4.90 Å². The van der Waals surface area contributed by atoms with Gasteiger partial charge in [-0.05, 0) is 43.3 Å². The van der Waals surface area contributed by atoms with Crippen LogP contribution in [0.3, 0.4) is 0 Å². The number of rotatable bonds is 7. The van der Waals surface area contributed by atoms with Crippen LogP contribution in [0.15, 0.2) is 57.4 Å². The molecule has 140 valence electrons. The number of benzene rings is 1. The van der Waals surface area contributed by atoms with Gasteiger partial charge in [-0.1, -0.05) is 0 Å². The fourth-order valence-electron chi connectivity index (χ4n) is 2.31. The highest BCUT2D eigenvalue weighted by molar-refractivity contribution is 8.00. The predicted octanol–water partition coefficient (Wildman–Crippen LogP) is 5.05. The molecule has 0 spiro atoms. The Balaban J connectivity index is 1.74. The molecule has 1 N–H and O–H groups in total. The molecule has 0 bridgehead atoms. The summed E-state index contributed by atoms with van der Waals surface area (Å²) in [6, 6.07) is 9.36. The second-order valence-electron chi connectivity index (χ2n) is 5.34. The first-order chi connectivity index (χ1) is 13.1. The quantitative estimate of drug-likeness (QED) is 0.440. The fourth-order valence-corrected chi connectivity index (χ4v) is 3.96. The van der Waals surface area contributed by atoms with Crippen molar-refractivity contribution in [2.75, 3.05) is 17.7 Å². The largest absolute Gasteiger partial charge is 0.464 e. The number of thiophene rings is 1. The van der Waals surface area contributed by atoms with Crippen LogP contribution in [-0.4, -0.2) is 24.2 Å². The van der Waals surface area contributed by atoms with E-state index >= 15 is 0 Å². The van der Waals surface area contributed by atoms with E-state index in [0.29, 0.717) is 16.3 Å². The van der Waals surface area contributed by atoms with Crippen molar-refractivity contribution in [1.29, 1.82) is 0 Å². The van der Waals surface area contributed by atoms with Gasteiger partial charge < -0.3 is 14.5 Å². The van der Waals surface area contributed by atoms with E-state index in [4.69, 9.17) is 9.15 Å². The van der Waals surface area contributed by atoms with Crippen LogP contribution in [0.2, 0.25) is 0 Å². The minimum absolute atomic E-state index is 0.127. The lowest BCUT2D eigenvalue weighted by Crippen LogP contribution is -2.16. The average Bonchev–Trinajstić information content (AvgIpc) is 3.31. The molecule has 0 saturated carbocycles.